The molecular formula is C17H20FN5O2. The summed E-state index contributed by atoms with van der Waals surface area (Å²) in [7, 11) is 0. The maximum absolute atomic E-state index is 13.1. The van der Waals surface area contributed by atoms with Gasteiger partial charge in [-0.2, -0.15) is 5.10 Å². The van der Waals surface area contributed by atoms with E-state index in [4.69, 9.17) is 0 Å². The van der Waals surface area contributed by atoms with Crippen LogP contribution in [0.15, 0.2) is 36.5 Å². The molecule has 0 bridgehead atoms. The molecule has 25 heavy (non-hydrogen) atoms. The van der Waals surface area contributed by atoms with Crippen molar-refractivity contribution in [2.45, 2.75) is 12.8 Å². The Labute approximate surface area is 144 Å². The summed E-state index contributed by atoms with van der Waals surface area (Å²) in [6.07, 6.45) is 3.37. The van der Waals surface area contributed by atoms with E-state index < -0.39 is 5.82 Å². The summed E-state index contributed by atoms with van der Waals surface area (Å²) in [6.45, 7) is 1.73. The van der Waals surface area contributed by atoms with Crippen LogP contribution in [0.25, 0.3) is 0 Å². The van der Waals surface area contributed by atoms with Gasteiger partial charge in [0.25, 0.3) is 5.91 Å². The summed E-state index contributed by atoms with van der Waals surface area (Å²) < 4.78 is 13.1. The van der Waals surface area contributed by atoms with Crippen LogP contribution in [0.2, 0.25) is 0 Å². The minimum absolute atomic E-state index is 0.0774. The molecule has 0 unspecified atom stereocenters. The minimum Gasteiger partial charge on any atom is -0.338 e. The third-order valence-corrected chi connectivity index (χ3v) is 4.17. The number of hydrogen-bond acceptors (Lipinski definition) is 3. The molecule has 1 aliphatic rings. The van der Waals surface area contributed by atoms with Crippen LogP contribution in [0.5, 0.6) is 0 Å². The zero-order chi connectivity index (χ0) is 17.6. The quantitative estimate of drug-likeness (QED) is 0.794. The van der Waals surface area contributed by atoms with Gasteiger partial charge in [-0.05, 0) is 43.0 Å². The van der Waals surface area contributed by atoms with Crippen molar-refractivity contribution in [3.8, 4) is 0 Å². The van der Waals surface area contributed by atoms with Crippen molar-refractivity contribution in [3.63, 3.8) is 0 Å². The molecule has 7 nitrogen and oxygen atoms in total. The Kier molecular flexibility index (Phi) is 5.27. The highest BCUT2D eigenvalue weighted by Crippen LogP contribution is 2.17. The van der Waals surface area contributed by atoms with Crippen LogP contribution in [-0.4, -0.2) is 46.7 Å². The molecule has 0 saturated carbocycles. The molecule has 1 aliphatic heterocycles. The lowest BCUT2D eigenvalue weighted by Crippen LogP contribution is -2.44. The highest BCUT2D eigenvalue weighted by molar-refractivity contribution is 5.92. The summed E-state index contributed by atoms with van der Waals surface area (Å²) >= 11 is 0. The zero-order valence-corrected chi connectivity index (χ0v) is 13.7. The number of likely N-dealkylation sites (tertiary alicyclic amines) is 1. The molecule has 2 heterocycles. The van der Waals surface area contributed by atoms with Gasteiger partial charge in [0, 0.05) is 31.5 Å². The fourth-order valence-electron chi connectivity index (χ4n) is 2.94. The van der Waals surface area contributed by atoms with Crippen molar-refractivity contribution >= 4 is 17.6 Å². The van der Waals surface area contributed by atoms with Gasteiger partial charge in [-0.3, -0.25) is 9.89 Å². The first kappa shape index (κ1) is 16.9. The number of amides is 3. The van der Waals surface area contributed by atoms with Gasteiger partial charge in [-0.25, -0.2) is 9.18 Å². The van der Waals surface area contributed by atoms with Gasteiger partial charge in [0.05, 0.1) is 0 Å². The summed E-state index contributed by atoms with van der Waals surface area (Å²) in [5, 5.41) is 11.9. The van der Waals surface area contributed by atoms with E-state index in [2.05, 4.69) is 20.8 Å². The molecule has 3 rings (SSSR count). The van der Waals surface area contributed by atoms with E-state index in [0.717, 1.165) is 12.8 Å². The van der Waals surface area contributed by atoms with Crippen LogP contribution in [0.3, 0.4) is 0 Å². The molecule has 1 fully saturated rings. The van der Waals surface area contributed by atoms with E-state index in [1.54, 1.807) is 23.2 Å². The van der Waals surface area contributed by atoms with Crippen molar-refractivity contribution in [2.75, 3.05) is 25.0 Å². The first-order valence-electron chi connectivity index (χ1n) is 8.21. The molecular weight excluding hydrogens is 325 g/mol. The van der Waals surface area contributed by atoms with E-state index in [0.29, 0.717) is 31.0 Å². The summed E-state index contributed by atoms with van der Waals surface area (Å²) in [6, 6.07) is 6.99. The number of carbonyl (C=O) groups is 2. The Bertz CT molecular complexity index is 734. The van der Waals surface area contributed by atoms with Crippen LogP contribution in [-0.2, 0) is 0 Å². The lowest BCUT2D eigenvalue weighted by molar-refractivity contribution is 0.0669. The number of H-pyrrole nitrogens is 1. The second-order valence-corrected chi connectivity index (χ2v) is 6.08. The molecule has 1 atom stereocenters. The number of carbonyl (C=O) groups excluding carboxylic acids is 2. The number of aromatic amines is 1. The maximum atomic E-state index is 13.1. The highest BCUT2D eigenvalue weighted by Gasteiger charge is 2.25. The third kappa shape index (κ3) is 4.56. The third-order valence-electron chi connectivity index (χ3n) is 4.17. The second-order valence-electron chi connectivity index (χ2n) is 6.08. The van der Waals surface area contributed by atoms with Gasteiger partial charge in [0.15, 0.2) is 0 Å². The zero-order valence-electron chi connectivity index (χ0n) is 13.7. The number of piperidine rings is 1. The predicted octanol–water partition coefficient (Wildman–Crippen LogP) is 2.22. The Morgan fingerprint density at radius 2 is 2.24 bits per heavy atom. The number of halogens is 1. The standard InChI is InChI=1S/C17H20FN5O2/c18-13-4-1-5-14(9-13)21-17(25)19-10-12-3-2-8-23(11-12)16(24)15-6-7-20-22-15/h1,4-7,9,12H,2-3,8,10-11H2,(H,20,22)(H2,19,21,25)/t12-/m0/s1. The molecule has 2 aromatic rings. The summed E-state index contributed by atoms with van der Waals surface area (Å²) in [5.74, 6) is -0.302. The number of benzene rings is 1. The summed E-state index contributed by atoms with van der Waals surface area (Å²) in [4.78, 5) is 26.0. The van der Waals surface area contributed by atoms with Crippen molar-refractivity contribution in [1.82, 2.24) is 20.4 Å². The average Bonchev–Trinajstić information content (AvgIpc) is 3.14. The SMILES string of the molecule is O=C(NC[C@@H]1CCCN(C(=O)c2ccn[nH]2)C1)Nc1cccc(F)c1. The van der Waals surface area contributed by atoms with Crippen molar-refractivity contribution in [1.29, 1.82) is 0 Å². The first-order chi connectivity index (χ1) is 12.1. The van der Waals surface area contributed by atoms with Crippen LogP contribution in [0, 0.1) is 11.7 Å². The van der Waals surface area contributed by atoms with Gasteiger partial charge in [-0.1, -0.05) is 6.07 Å². The van der Waals surface area contributed by atoms with Crippen LogP contribution >= 0.6 is 0 Å². The van der Waals surface area contributed by atoms with E-state index in [-0.39, 0.29) is 17.9 Å². The Morgan fingerprint density at radius 1 is 1.36 bits per heavy atom. The van der Waals surface area contributed by atoms with E-state index in [1.165, 1.54) is 18.2 Å². The molecule has 3 amide bonds. The number of aromatic nitrogens is 2. The molecule has 8 heteroatoms. The van der Waals surface area contributed by atoms with Gasteiger partial charge >= 0.3 is 6.03 Å². The Balaban J connectivity index is 1.48. The fourth-order valence-corrected chi connectivity index (χ4v) is 2.94. The molecule has 0 radical (unpaired) electrons. The monoisotopic (exact) mass is 345 g/mol. The lowest BCUT2D eigenvalue weighted by atomic mass is 9.98. The molecule has 0 aliphatic carbocycles. The lowest BCUT2D eigenvalue weighted by Gasteiger charge is -2.32. The molecule has 1 saturated heterocycles. The van der Waals surface area contributed by atoms with Crippen molar-refractivity contribution in [3.05, 3.63) is 48.0 Å². The largest absolute Gasteiger partial charge is 0.338 e. The predicted molar refractivity (Wildman–Crippen MR) is 90.6 cm³/mol. The van der Waals surface area contributed by atoms with E-state index >= 15 is 0 Å². The molecule has 1 aromatic carbocycles. The van der Waals surface area contributed by atoms with Crippen molar-refractivity contribution < 1.29 is 14.0 Å². The van der Waals surface area contributed by atoms with Crippen LogP contribution < -0.4 is 10.6 Å². The van der Waals surface area contributed by atoms with Gasteiger partial charge in [0.2, 0.25) is 0 Å². The molecule has 0 spiro atoms. The first-order valence-corrected chi connectivity index (χ1v) is 8.21. The number of rotatable bonds is 4. The van der Waals surface area contributed by atoms with Crippen molar-refractivity contribution in [2.24, 2.45) is 5.92 Å². The molecule has 3 N–H and O–H groups in total. The number of urea groups is 1. The Morgan fingerprint density at radius 3 is 3.00 bits per heavy atom. The fraction of sp³-hybridized carbons (Fsp3) is 0.353. The number of nitrogens with zero attached hydrogens (tertiary/aromatic N) is 2. The van der Waals surface area contributed by atoms with Crippen LogP contribution in [0.1, 0.15) is 23.3 Å². The van der Waals surface area contributed by atoms with Gasteiger partial charge < -0.3 is 15.5 Å². The number of anilines is 1. The van der Waals surface area contributed by atoms with Crippen LogP contribution in [0.4, 0.5) is 14.9 Å². The highest BCUT2D eigenvalue weighted by atomic mass is 19.1. The smallest absolute Gasteiger partial charge is 0.319 e. The summed E-state index contributed by atoms with van der Waals surface area (Å²) in [5.41, 5.74) is 0.870. The van der Waals surface area contributed by atoms with Gasteiger partial charge in [0.1, 0.15) is 11.5 Å². The molecule has 132 valence electrons. The normalized spacial score (nSPS) is 17.2. The Hall–Kier alpha value is -2.90. The number of nitrogens with one attached hydrogen (secondary N) is 3. The molecule has 1 aromatic heterocycles. The topological polar surface area (TPSA) is 90.1 Å². The van der Waals surface area contributed by atoms with E-state index in [9.17, 15) is 14.0 Å². The average molecular weight is 345 g/mol. The van der Waals surface area contributed by atoms with Gasteiger partial charge in [-0.15, -0.1) is 0 Å². The second kappa shape index (κ2) is 7.78. The number of hydrogen-bond donors (Lipinski definition) is 3. The minimum atomic E-state index is -0.405. The van der Waals surface area contributed by atoms with E-state index in [1.807, 2.05) is 0 Å². The maximum Gasteiger partial charge on any atom is 0.319 e.